The van der Waals surface area contributed by atoms with E-state index in [4.69, 9.17) is 5.73 Å². The molecule has 2 heterocycles. The van der Waals surface area contributed by atoms with Gasteiger partial charge in [-0.15, -0.1) is 0 Å². The number of likely N-dealkylation sites (N-methyl/N-ethyl adjacent to an activating group) is 1. The largest absolute Gasteiger partial charge is 0.417 e. The Hall–Kier alpha value is -1.50. The number of nitrogens with zero attached hydrogens (tertiary/aromatic N) is 3. The van der Waals surface area contributed by atoms with Gasteiger partial charge < -0.3 is 15.5 Å². The fourth-order valence-electron chi connectivity index (χ4n) is 1.92. The third-order valence-electron chi connectivity index (χ3n) is 3.07. The van der Waals surface area contributed by atoms with E-state index in [1.807, 2.05) is 11.9 Å². The third kappa shape index (κ3) is 2.66. The molecule has 0 aromatic carbocycles. The van der Waals surface area contributed by atoms with Crippen LogP contribution in [-0.4, -0.2) is 43.1 Å². The van der Waals surface area contributed by atoms with Crippen LogP contribution in [0.15, 0.2) is 12.3 Å². The monoisotopic (exact) mass is 260 g/mol. The summed E-state index contributed by atoms with van der Waals surface area (Å²) in [6, 6.07) is 1.08. The van der Waals surface area contributed by atoms with Crippen molar-refractivity contribution in [3.63, 3.8) is 0 Å². The number of piperazine rings is 1. The first-order valence-electron chi connectivity index (χ1n) is 5.64. The topological polar surface area (TPSA) is 45.4 Å². The lowest BCUT2D eigenvalue weighted by molar-refractivity contribution is -0.137. The second-order valence-electron chi connectivity index (χ2n) is 4.42. The molecule has 1 aliphatic heterocycles. The molecule has 0 radical (unpaired) electrons. The number of hydrogen-bond acceptors (Lipinski definition) is 4. The van der Waals surface area contributed by atoms with Crippen molar-refractivity contribution in [1.82, 2.24) is 9.88 Å². The number of hydrogen-bond donors (Lipinski definition) is 1. The smallest absolute Gasteiger partial charge is 0.382 e. The maximum atomic E-state index is 12.6. The molecule has 4 nitrogen and oxygen atoms in total. The number of nitrogens with two attached hydrogens (primary N) is 1. The Labute approximate surface area is 103 Å². The summed E-state index contributed by atoms with van der Waals surface area (Å²) >= 11 is 0. The van der Waals surface area contributed by atoms with E-state index in [1.165, 1.54) is 0 Å². The summed E-state index contributed by atoms with van der Waals surface area (Å²) in [5.41, 5.74) is 5.28. The predicted molar refractivity (Wildman–Crippen MR) is 63.4 cm³/mol. The van der Waals surface area contributed by atoms with Gasteiger partial charge >= 0.3 is 6.18 Å². The molecule has 0 saturated carbocycles. The average Bonchev–Trinajstić information content (AvgIpc) is 2.29. The minimum atomic E-state index is -4.39. The Morgan fingerprint density at radius 2 is 1.83 bits per heavy atom. The van der Waals surface area contributed by atoms with Gasteiger partial charge in [0, 0.05) is 32.4 Å². The molecule has 2 rings (SSSR count). The Morgan fingerprint density at radius 1 is 1.22 bits per heavy atom. The summed E-state index contributed by atoms with van der Waals surface area (Å²) in [6.45, 7) is 2.92. The summed E-state index contributed by atoms with van der Waals surface area (Å²) in [5, 5.41) is 0. The van der Waals surface area contributed by atoms with E-state index in [9.17, 15) is 13.2 Å². The molecule has 2 N–H and O–H groups in total. The van der Waals surface area contributed by atoms with Gasteiger partial charge in [0.05, 0.1) is 11.3 Å². The molecule has 7 heteroatoms. The van der Waals surface area contributed by atoms with Crippen LogP contribution in [0, 0.1) is 0 Å². The van der Waals surface area contributed by atoms with Crippen LogP contribution in [0.4, 0.5) is 24.7 Å². The van der Waals surface area contributed by atoms with E-state index in [1.54, 1.807) is 0 Å². The molecule has 0 bridgehead atoms. The molecular weight excluding hydrogens is 245 g/mol. The zero-order valence-electron chi connectivity index (χ0n) is 10.0. The van der Waals surface area contributed by atoms with Gasteiger partial charge in [-0.25, -0.2) is 4.98 Å². The maximum Gasteiger partial charge on any atom is 0.417 e. The van der Waals surface area contributed by atoms with Crippen LogP contribution in [0.5, 0.6) is 0 Å². The van der Waals surface area contributed by atoms with E-state index in [0.29, 0.717) is 18.8 Å². The molecule has 100 valence electrons. The first-order valence-corrected chi connectivity index (χ1v) is 5.64. The highest BCUT2D eigenvalue weighted by Crippen LogP contribution is 2.33. The summed E-state index contributed by atoms with van der Waals surface area (Å²) in [6.07, 6.45) is -3.61. The lowest BCUT2D eigenvalue weighted by Crippen LogP contribution is -2.44. The number of anilines is 2. The summed E-state index contributed by atoms with van der Waals surface area (Å²) < 4.78 is 37.9. The van der Waals surface area contributed by atoms with Crippen LogP contribution in [0.25, 0.3) is 0 Å². The van der Waals surface area contributed by atoms with E-state index < -0.39 is 11.7 Å². The number of alkyl halides is 3. The van der Waals surface area contributed by atoms with Crippen LogP contribution in [0.2, 0.25) is 0 Å². The van der Waals surface area contributed by atoms with Crippen molar-refractivity contribution in [2.45, 2.75) is 6.18 Å². The molecule has 0 aliphatic carbocycles. The first-order chi connectivity index (χ1) is 8.38. The van der Waals surface area contributed by atoms with Crippen molar-refractivity contribution in [2.24, 2.45) is 0 Å². The molecule has 0 atom stereocenters. The summed E-state index contributed by atoms with van der Waals surface area (Å²) in [4.78, 5) is 7.61. The van der Waals surface area contributed by atoms with Gasteiger partial charge in [-0.2, -0.15) is 13.2 Å². The number of aromatic nitrogens is 1. The standard InChI is InChI=1S/C11H15F3N4/c1-17-2-4-18(5-3-17)9-6-8(11(12,13)14)7-16-10(9)15/h6-7H,2-5H2,1H3,(H2,15,16). The molecule has 1 aromatic heterocycles. The highest BCUT2D eigenvalue weighted by atomic mass is 19.4. The Kier molecular flexibility index (Phi) is 3.34. The van der Waals surface area contributed by atoms with Crippen LogP contribution in [0.1, 0.15) is 5.56 Å². The lowest BCUT2D eigenvalue weighted by Gasteiger charge is -2.34. The SMILES string of the molecule is CN1CCN(c2cc(C(F)(F)F)cnc2N)CC1. The van der Waals surface area contributed by atoms with E-state index >= 15 is 0 Å². The van der Waals surface area contributed by atoms with Gasteiger partial charge in [0.25, 0.3) is 0 Å². The quantitative estimate of drug-likeness (QED) is 0.829. The summed E-state index contributed by atoms with van der Waals surface area (Å²) in [5.74, 6) is 0.146. The van der Waals surface area contributed by atoms with Gasteiger partial charge in [-0.1, -0.05) is 0 Å². The van der Waals surface area contributed by atoms with Crippen LogP contribution < -0.4 is 10.6 Å². The Morgan fingerprint density at radius 3 is 2.39 bits per heavy atom. The second-order valence-corrected chi connectivity index (χ2v) is 4.42. The van der Waals surface area contributed by atoms with Gasteiger partial charge in [-0.05, 0) is 13.1 Å². The highest BCUT2D eigenvalue weighted by molar-refractivity contribution is 5.64. The number of halogens is 3. The molecule has 1 saturated heterocycles. The zero-order chi connectivity index (χ0) is 13.3. The predicted octanol–water partition coefficient (Wildman–Crippen LogP) is 1.43. The first kappa shape index (κ1) is 12.9. The fourth-order valence-corrected chi connectivity index (χ4v) is 1.92. The zero-order valence-corrected chi connectivity index (χ0v) is 10.0. The number of nitrogen functional groups attached to an aromatic ring is 1. The molecule has 0 unspecified atom stereocenters. The molecule has 0 spiro atoms. The van der Waals surface area contributed by atoms with Gasteiger partial charge in [0.1, 0.15) is 5.82 Å². The molecule has 0 amide bonds. The maximum absolute atomic E-state index is 12.6. The Balaban J connectivity index is 2.27. The normalized spacial score (nSPS) is 18.1. The third-order valence-corrected chi connectivity index (χ3v) is 3.07. The van der Waals surface area contributed by atoms with Crippen molar-refractivity contribution in [3.8, 4) is 0 Å². The highest BCUT2D eigenvalue weighted by Gasteiger charge is 2.32. The van der Waals surface area contributed by atoms with Crippen molar-refractivity contribution >= 4 is 11.5 Å². The molecule has 18 heavy (non-hydrogen) atoms. The Bertz CT molecular complexity index is 425. The van der Waals surface area contributed by atoms with Crippen molar-refractivity contribution in [2.75, 3.05) is 43.9 Å². The molecule has 1 aliphatic rings. The van der Waals surface area contributed by atoms with Crippen molar-refractivity contribution in [3.05, 3.63) is 17.8 Å². The molecular formula is C11H15F3N4. The number of rotatable bonds is 1. The lowest BCUT2D eigenvalue weighted by atomic mass is 10.2. The summed E-state index contributed by atoms with van der Waals surface area (Å²) in [7, 11) is 1.98. The van der Waals surface area contributed by atoms with Gasteiger partial charge in [0.2, 0.25) is 0 Å². The van der Waals surface area contributed by atoms with Crippen LogP contribution >= 0.6 is 0 Å². The van der Waals surface area contributed by atoms with Crippen LogP contribution in [0.3, 0.4) is 0 Å². The fraction of sp³-hybridized carbons (Fsp3) is 0.545. The van der Waals surface area contributed by atoms with Gasteiger partial charge in [-0.3, -0.25) is 0 Å². The van der Waals surface area contributed by atoms with Crippen molar-refractivity contribution in [1.29, 1.82) is 0 Å². The van der Waals surface area contributed by atoms with Gasteiger partial charge in [0.15, 0.2) is 0 Å². The number of pyridine rings is 1. The molecule has 1 fully saturated rings. The average molecular weight is 260 g/mol. The van der Waals surface area contributed by atoms with Crippen LogP contribution in [-0.2, 0) is 6.18 Å². The van der Waals surface area contributed by atoms with E-state index in [0.717, 1.165) is 25.4 Å². The van der Waals surface area contributed by atoms with Crippen molar-refractivity contribution < 1.29 is 13.2 Å². The molecule has 1 aromatic rings. The second kappa shape index (κ2) is 4.64. The minimum absolute atomic E-state index is 0.146. The van der Waals surface area contributed by atoms with E-state index in [-0.39, 0.29) is 5.82 Å². The van der Waals surface area contributed by atoms with E-state index in [2.05, 4.69) is 9.88 Å². The minimum Gasteiger partial charge on any atom is -0.382 e.